The molecule has 8 heteroatoms. The van der Waals surface area contributed by atoms with Gasteiger partial charge < -0.3 is 14.8 Å². The van der Waals surface area contributed by atoms with Gasteiger partial charge in [-0.3, -0.25) is 0 Å². The number of fused-ring (bicyclic) bond motifs is 1. The number of benzene rings is 1. The van der Waals surface area contributed by atoms with Gasteiger partial charge in [0.25, 0.3) is 5.88 Å². The SMILES string of the molecule is CC(NS(C)(=O)=O)c1ccc(CNCC2COc3cccnc3O2)cc1. The maximum Gasteiger partial charge on any atom is 0.257 e. The summed E-state index contributed by atoms with van der Waals surface area (Å²) in [4.78, 5) is 4.16. The molecule has 0 saturated carbocycles. The van der Waals surface area contributed by atoms with Crippen LogP contribution in [-0.4, -0.2) is 38.9 Å². The molecule has 0 saturated heterocycles. The minimum absolute atomic E-state index is 0.0874. The van der Waals surface area contributed by atoms with Crippen LogP contribution in [0.3, 0.4) is 0 Å². The standard InChI is InChI=1S/C18H23N3O4S/c1-13(21-26(2,22)23)15-7-5-14(6-8-15)10-19-11-16-12-24-17-4-3-9-20-18(17)25-16/h3-9,13,16,19,21H,10-12H2,1-2H3. The van der Waals surface area contributed by atoms with E-state index >= 15 is 0 Å². The molecule has 26 heavy (non-hydrogen) atoms. The second-order valence-electron chi connectivity index (χ2n) is 6.34. The zero-order chi connectivity index (χ0) is 18.6. The molecule has 0 spiro atoms. The Morgan fingerprint density at radius 1 is 1.27 bits per heavy atom. The lowest BCUT2D eigenvalue weighted by molar-refractivity contribution is 0.0843. The first-order valence-electron chi connectivity index (χ1n) is 8.42. The third kappa shape index (κ3) is 5.17. The summed E-state index contributed by atoms with van der Waals surface area (Å²) >= 11 is 0. The van der Waals surface area contributed by atoms with Crippen LogP contribution in [0.25, 0.3) is 0 Å². The number of hydrogen-bond acceptors (Lipinski definition) is 6. The van der Waals surface area contributed by atoms with Crippen LogP contribution >= 0.6 is 0 Å². The normalized spacial score (nSPS) is 17.7. The predicted octanol–water partition coefficient (Wildman–Crippen LogP) is 1.62. The van der Waals surface area contributed by atoms with Crippen molar-refractivity contribution < 1.29 is 17.9 Å². The number of ether oxygens (including phenoxy) is 2. The van der Waals surface area contributed by atoms with Crippen LogP contribution in [-0.2, 0) is 16.6 Å². The first kappa shape index (κ1) is 18.6. The fourth-order valence-corrected chi connectivity index (χ4v) is 3.52. The Kier molecular flexibility index (Phi) is 5.75. The number of rotatable bonds is 7. The Labute approximate surface area is 153 Å². The molecule has 0 radical (unpaired) electrons. The predicted molar refractivity (Wildman–Crippen MR) is 98.7 cm³/mol. The molecule has 7 nitrogen and oxygen atoms in total. The molecule has 2 N–H and O–H groups in total. The number of nitrogens with zero attached hydrogens (tertiary/aromatic N) is 1. The molecular formula is C18H23N3O4S. The molecule has 140 valence electrons. The first-order chi connectivity index (χ1) is 12.4. The van der Waals surface area contributed by atoms with Crippen molar-refractivity contribution in [1.29, 1.82) is 0 Å². The third-order valence-corrected chi connectivity index (χ3v) is 4.79. The van der Waals surface area contributed by atoms with Crippen LogP contribution in [0.1, 0.15) is 24.1 Å². The van der Waals surface area contributed by atoms with Crippen molar-refractivity contribution in [3.8, 4) is 11.6 Å². The van der Waals surface area contributed by atoms with Crippen molar-refractivity contribution in [2.75, 3.05) is 19.4 Å². The van der Waals surface area contributed by atoms with Gasteiger partial charge in [-0.15, -0.1) is 0 Å². The summed E-state index contributed by atoms with van der Waals surface area (Å²) in [5, 5.41) is 3.34. The monoisotopic (exact) mass is 377 g/mol. The fourth-order valence-electron chi connectivity index (χ4n) is 2.74. The lowest BCUT2D eigenvalue weighted by Gasteiger charge is -2.25. The number of aromatic nitrogens is 1. The van der Waals surface area contributed by atoms with E-state index in [0.29, 0.717) is 31.3 Å². The van der Waals surface area contributed by atoms with Crippen molar-refractivity contribution >= 4 is 10.0 Å². The molecule has 1 aliphatic rings. The van der Waals surface area contributed by atoms with Crippen LogP contribution < -0.4 is 19.5 Å². The summed E-state index contributed by atoms with van der Waals surface area (Å²) in [6.07, 6.45) is 2.75. The van der Waals surface area contributed by atoms with Crippen molar-refractivity contribution in [3.63, 3.8) is 0 Å². The Hall–Kier alpha value is -2.16. The van der Waals surface area contributed by atoms with Gasteiger partial charge in [-0.25, -0.2) is 18.1 Å². The number of sulfonamides is 1. The summed E-state index contributed by atoms with van der Waals surface area (Å²) in [7, 11) is -3.22. The fraction of sp³-hybridized carbons (Fsp3) is 0.389. The molecule has 1 aliphatic heterocycles. The second kappa shape index (κ2) is 8.03. The Bertz CT molecular complexity index is 840. The summed E-state index contributed by atoms with van der Waals surface area (Å²) in [6.45, 7) is 3.63. The topological polar surface area (TPSA) is 89.6 Å². The second-order valence-corrected chi connectivity index (χ2v) is 8.12. The van der Waals surface area contributed by atoms with Gasteiger partial charge in [0.15, 0.2) is 5.75 Å². The molecule has 0 bridgehead atoms. The summed E-state index contributed by atoms with van der Waals surface area (Å²) in [5.74, 6) is 1.21. The van der Waals surface area contributed by atoms with Crippen LogP contribution in [0.15, 0.2) is 42.6 Å². The van der Waals surface area contributed by atoms with Gasteiger partial charge in [-0.2, -0.15) is 0 Å². The minimum atomic E-state index is -3.22. The van der Waals surface area contributed by atoms with E-state index in [1.54, 1.807) is 6.20 Å². The highest BCUT2D eigenvalue weighted by Gasteiger charge is 2.21. The highest BCUT2D eigenvalue weighted by molar-refractivity contribution is 7.88. The van der Waals surface area contributed by atoms with Gasteiger partial charge in [-0.05, 0) is 30.2 Å². The lowest BCUT2D eigenvalue weighted by atomic mass is 10.1. The van der Waals surface area contributed by atoms with Crippen LogP contribution in [0.2, 0.25) is 0 Å². The summed E-state index contributed by atoms with van der Waals surface area (Å²) < 4.78 is 36.6. The molecule has 2 heterocycles. The maximum absolute atomic E-state index is 11.3. The van der Waals surface area contributed by atoms with E-state index < -0.39 is 10.0 Å². The minimum Gasteiger partial charge on any atom is -0.484 e. The highest BCUT2D eigenvalue weighted by Crippen LogP contribution is 2.28. The van der Waals surface area contributed by atoms with Gasteiger partial charge >= 0.3 is 0 Å². The highest BCUT2D eigenvalue weighted by atomic mass is 32.2. The summed E-state index contributed by atoms with van der Waals surface area (Å²) in [5.41, 5.74) is 2.03. The van der Waals surface area contributed by atoms with E-state index in [2.05, 4.69) is 15.0 Å². The Morgan fingerprint density at radius 2 is 2.04 bits per heavy atom. The number of pyridine rings is 1. The summed E-state index contributed by atoms with van der Waals surface area (Å²) in [6, 6.07) is 11.2. The smallest absolute Gasteiger partial charge is 0.257 e. The van der Waals surface area contributed by atoms with E-state index in [9.17, 15) is 8.42 Å². The molecular weight excluding hydrogens is 354 g/mol. The van der Waals surface area contributed by atoms with Crippen molar-refractivity contribution in [3.05, 3.63) is 53.7 Å². The van der Waals surface area contributed by atoms with E-state index in [1.807, 2.05) is 43.3 Å². The van der Waals surface area contributed by atoms with Crippen molar-refractivity contribution in [2.24, 2.45) is 0 Å². The van der Waals surface area contributed by atoms with Gasteiger partial charge in [0, 0.05) is 25.3 Å². The third-order valence-electron chi connectivity index (χ3n) is 4.01. The van der Waals surface area contributed by atoms with E-state index in [0.717, 1.165) is 17.4 Å². The van der Waals surface area contributed by atoms with Crippen molar-refractivity contribution in [1.82, 2.24) is 15.0 Å². The quantitative estimate of drug-likeness (QED) is 0.762. The molecule has 2 aromatic rings. The average molecular weight is 377 g/mol. The van der Waals surface area contributed by atoms with Gasteiger partial charge in [0.1, 0.15) is 12.7 Å². The van der Waals surface area contributed by atoms with Crippen LogP contribution in [0.5, 0.6) is 11.6 Å². The molecule has 1 aromatic carbocycles. The Morgan fingerprint density at radius 3 is 2.77 bits per heavy atom. The largest absolute Gasteiger partial charge is 0.484 e. The number of hydrogen-bond donors (Lipinski definition) is 2. The van der Waals surface area contributed by atoms with Crippen LogP contribution in [0.4, 0.5) is 0 Å². The zero-order valence-corrected chi connectivity index (χ0v) is 15.6. The molecule has 0 amide bonds. The maximum atomic E-state index is 11.3. The average Bonchev–Trinajstić information content (AvgIpc) is 2.61. The van der Waals surface area contributed by atoms with Gasteiger partial charge in [0.05, 0.1) is 6.26 Å². The van der Waals surface area contributed by atoms with E-state index in [4.69, 9.17) is 9.47 Å². The molecule has 1 aromatic heterocycles. The molecule has 0 aliphatic carbocycles. The van der Waals surface area contributed by atoms with Gasteiger partial charge in [0.2, 0.25) is 10.0 Å². The van der Waals surface area contributed by atoms with E-state index in [-0.39, 0.29) is 12.1 Å². The number of nitrogens with one attached hydrogen (secondary N) is 2. The Balaban J connectivity index is 1.47. The van der Waals surface area contributed by atoms with E-state index in [1.165, 1.54) is 0 Å². The molecule has 2 unspecified atom stereocenters. The zero-order valence-electron chi connectivity index (χ0n) is 14.8. The first-order valence-corrected chi connectivity index (χ1v) is 10.3. The molecule has 3 rings (SSSR count). The molecule has 0 fully saturated rings. The van der Waals surface area contributed by atoms with Crippen LogP contribution in [0, 0.1) is 0 Å². The van der Waals surface area contributed by atoms with Gasteiger partial charge in [-0.1, -0.05) is 24.3 Å². The van der Waals surface area contributed by atoms with Crippen molar-refractivity contribution in [2.45, 2.75) is 25.6 Å². The molecule has 2 atom stereocenters. The lowest BCUT2D eigenvalue weighted by Crippen LogP contribution is -2.38.